The highest BCUT2D eigenvalue weighted by molar-refractivity contribution is 8.16. The summed E-state index contributed by atoms with van der Waals surface area (Å²) in [6, 6.07) is 5.68. The molecule has 2 fully saturated rings. The van der Waals surface area contributed by atoms with Crippen LogP contribution in [0.1, 0.15) is 19.4 Å². The topological polar surface area (TPSA) is 117 Å². The number of anilines is 2. The third kappa shape index (κ3) is 5.39. The van der Waals surface area contributed by atoms with Gasteiger partial charge in [0, 0.05) is 29.7 Å². The van der Waals surface area contributed by atoms with Crippen LogP contribution in [0.25, 0.3) is 0 Å². The average molecular weight is 470 g/mol. The molecule has 1 aromatic carbocycles. The highest BCUT2D eigenvalue weighted by Gasteiger charge is 2.49. The molecule has 0 aliphatic carbocycles. The molecule has 2 aliphatic heterocycles. The van der Waals surface area contributed by atoms with E-state index in [0.717, 1.165) is 30.0 Å². The number of benzene rings is 1. The van der Waals surface area contributed by atoms with E-state index in [-0.39, 0.29) is 22.8 Å². The lowest BCUT2D eigenvalue weighted by atomic mass is 10.1. The largest absolute Gasteiger partial charge is 0.480 e. The predicted molar refractivity (Wildman–Crippen MR) is 122 cm³/mol. The summed E-state index contributed by atoms with van der Waals surface area (Å²) in [5.41, 5.74) is 2.84. The smallest absolute Gasteiger partial charge is 0.329 e. The van der Waals surface area contributed by atoms with Gasteiger partial charge in [-0.3, -0.25) is 4.79 Å². The van der Waals surface area contributed by atoms with Crippen molar-refractivity contribution in [3.63, 3.8) is 0 Å². The molecule has 0 unspecified atom stereocenters. The van der Waals surface area contributed by atoms with Crippen molar-refractivity contribution in [1.82, 2.24) is 0 Å². The number of amides is 1. The van der Waals surface area contributed by atoms with Gasteiger partial charge in [0.15, 0.2) is 15.0 Å². The van der Waals surface area contributed by atoms with E-state index in [1.807, 2.05) is 24.0 Å². The number of hydrogen-bond donors (Lipinski definition) is 1. The zero-order valence-corrected chi connectivity index (χ0v) is 19.4. The number of hydrogen-bond acceptors (Lipinski definition) is 7. The van der Waals surface area contributed by atoms with Gasteiger partial charge in [-0.2, -0.15) is 4.99 Å². The number of carbonyl (C=O) groups is 2. The molecule has 1 amide bonds. The van der Waals surface area contributed by atoms with Crippen molar-refractivity contribution < 1.29 is 27.9 Å². The lowest BCUT2D eigenvalue weighted by molar-refractivity contribution is -0.143. The maximum Gasteiger partial charge on any atom is 0.329 e. The summed E-state index contributed by atoms with van der Waals surface area (Å²) < 4.78 is 29.3. The number of thioether (sulfide) groups is 1. The number of carboxylic acids is 1. The Morgan fingerprint density at radius 1 is 1.26 bits per heavy atom. The van der Waals surface area contributed by atoms with Gasteiger partial charge in [-0.1, -0.05) is 11.8 Å². The number of carbonyl (C=O) groups excluding carboxylic acids is 1. The third-order valence-corrected chi connectivity index (χ3v) is 8.52. The Balaban J connectivity index is 1.92. The normalized spacial score (nSPS) is 23.2. The molecule has 0 aromatic heterocycles. The molecule has 0 bridgehead atoms. The molecule has 0 spiro atoms. The zero-order chi connectivity index (χ0) is 22.8. The van der Waals surface area contributed by atoms with Gasteiger partial charge in [-0.15, -0.1) is 0 Å². The van der Waals surface area contributed by atoms with Crippen molar-refractivity contribution in [2.45, 2.75) is 32.1 Å². The first-order valence-corrected chi connectivity index (χ1v) is 12.8. The lowest BCUT2D eigenvalue weighted by Gasteiger charge is -2.28. The summed E-state index contributed by atoms with van der Waals surface area (Å²) in [5, 5.41) is 8.86. The van der Waals surface area contributed by atoms with Gasteiger partial charge >= 0.3 is 5.97 Å². The van der Waals surface area contributed by atoms with Crippen LogP contribution in [-0.2, 0) is 24.2 Å². The van der Waals surface area contributed by atoms with E-state index >= 15 is 0 Å². The summed E-state index contributed by atoms with van der Waals surface area (Å²) in [7, 11) is -3.16. The lowest BCUT2D eigenvalue weighted by Crippen LogP contribution is -2.38. The summed E-state index contributed by atoms with van der Waals surface area (Å²) >= 11 is 1.28. The maximum atomic E-state index is 12.2. The molecule has 0 radical (unpaired) electrons. The van der Waals surface area contributed by atoms with Crippen LogP contribution in [0.15, 0.2) is 23.2 Å². The van der Waals surface area contributed by atoms with Gasteiger partial charge in [-0.05, 0) is 44.5 Å². The minimum absolute atomic E-state index is 0.00459. The minimum atomic E-state index is -3.16. The van der Waals surface area contributed by atoms with Crippen LogP contribution in [-0.4, -0.2) is 79.7 Å². The summed E-state index contributed by atoms with van der Waals surface area (Å²) in [6.07, 6.45) is 0. The van der Waals surface area contributed by atoms with Crippen LogP contribution < -0.4 is 9.80 Å². The molecule has 1 N–H and O–H groups in total. The Hall–Kier alpha value is -2.11. The standard InChI is InChI=1S/C20H27N3O6S2/c1-4-22(5-2)14-6-7-15(13(3)8-14)23-16-11-31(27,28)12-17(16)30-20(23)21-18(24)9-29-10-19(25)26/h6-8,16-17H,4-5,9-12H2,1-3H3,(H,25,26)/t16-,17-/m0/s1. The number of nitrogens with zero attached hydrogens (tertiary/aromatic N) is 3. The SMILES string of the molecule is CCN(CC)c1ccc(N2C(=NC(=O)COCC(=O)O)S[C@H]3CS(=O)(=O)C[C@@H]32)c(C)c1. The minimum Gasteiger partial charge on any atom is -0.480 e. The molecule has 1 aromatic rings. The van der Waals surface area contributed by atoms with Crippen molar-refractivity contribution in [3.8, 4) is 0 Å². The van der Waals surface area contributed by atoms with Crippen LogP contribution in [0, 0.1) is 6.92 Å². The predicted octanol–water partition coefficient (Wildman–Crippen LogP) is 1.54. The molecule has 2 saturated heterocycles. The van der Waals surface area contributed by atoms with Crippen molar-refractivity contribution in [3.05, 3.63) is 23.8 Å². The fraction of sp³-hybridized carbons (Fsp3) is 0.550. The molecular formula is C20H27N3O6S2. The maximum absolute atomic E-state index is 12.2. The monoisotopic (exact) mass is 469 g/mol. The van der Waals surface area contributed by atoms with Gasteiger partial charge < -0.3 is 19.6 Å². The quantitative estimate of drug-likeness (QED) is 0.605. The van der Waals surface area contributed by atoms with E-state index in [2.05, 4.69) is 29.8 Å². The van der Waals surface area contributed by atoms with Crippen LogP contribution in [0.4, 0.5) is 11.4 Å². The summed E-state index contributed by atoms with van der Waals surface area (Å²) in [5.74, 6) is -1.72. The van der Waals surface area contributed by atoms with E-state index in [0.29, 0.717) is 5.17 Å². The van der Waals surface area contributed by atoms with Crippen molar-refractivity contribution >= 4 is 50.0 Å². The molecule has 11 heteroatoms. The Morgan fingerprint density at radius 3 is 2.58 bits per heavy atom. The Bertz CT molecular complexity index is 991. The molecule has 0 saturated carbocycles. The number of sulfone groups is 1. The van der Waals surface area contributed by atoms with E-state index in [9.17, 15) is 18.0 Å². The number of aliphatic imine (C=N–C) groups is 1. The van der Waals surface area contributed by atoms with E-state index in [4.69, 9.17) is 9.84 Å². The van der Waals surface area contributed by atoms with Crippen molar-refractivity contribution in [2.75, 3.05) is 47.6 Å². The number of rotatable bonds is 8. The van der Waals surface area contributed by atoms with E-state index in [1.165, 1.54) is 11.8 Å². The second-order valence-electron chi connectivity index (χ2n) is 7.49. The zero-order valence-electron chi connectivity index (χ0n) is 17.8. The molecule has 2 heterocycles. The number of fused-ring (bicyclic) bond motifs is 1. The van der Waals surface area contributed by atoms with Gasteiger partial charge in [0.05, 0.1) is 17.5 Å². The first-order valence-electron chi connectivity index (χ1n) is 10.1. The fourth-order valence-electron chi connectivity index (χ4n) is 3.91. The molecule has 2 atom stereocenters. The van der Waals surface area contributed by atoms with Gasteiger partial charge in [0.1, 0.15) is 13.2 Å². The summed E-state index contributed by atoms with van der Waals surface area (Å²) in [6.45, 7) is 6.84. The van der Waals surface area contributed by atoms with E-state index in [1.54, 1.807) is 0 Å². The number of aliphatic carboxylic acids is 1. The van der Waals surface area contributed by atoms with Gasteiger partial charge in [0.25, 0.3) is 5.91 Å². The Kier molecular flexibility index (Phi) is 7.28. The summed E-state index contributed by atoms with van der Waals surface area (Å²) in [4.78, 5) is 31.0. The Morgan fingerprint density at radius 2 is 1.97 bits per heavy atom. The highest BCUT2D eigenvalue weighted by atomic mass is 32.2. The first kappa shape index (κ1) is 23.6. The second kappa shape index (κ2) is 9.58. The number of ether oxygens (including phenoxy) is 1. The van der Waals surface area contributed by atoms with Crippen LogP contribution in [0.2, 0.25) is 0 Å². The molecule has 170 valence electrons. The van der Waals surface area contributed by atoms with Crippen molar-refractivity contribution in [1.29, 1.82) is 0 Å². The fourth-order valence-corrected chi connectivity index (χ4v) is 7.83. The molecule has 9 nitrogen and oxygen atoms in total. The highest BCUT2D eigenvalue weighted by Crippen LogP contribution is 2.42. The second-order valence-corrected chi connectivity index (χ2v) is 10.8. The first-order chi connectivity index (χ1) is 14.6. The average Bonchev–Trinajstić information content (AvgIpc) is 3.13. The van der Waals surface area contributed by atoms with Crippen LogP contribution >= 0.6 is 11.8 Å². The molecule has 31 heavy (non-hydrogen) atoms. The Labute approximate surface area is 186 Å². The van der Waals surface area contributed by atoms with Crippen LogP contribution in [0.5, 0.6) is 0 Å². The molecule has 3 rings (SSSR count). The van der Waals surface area contributed by atoms with Gasteiger partial charge in [0.2, 0.25) is 0 Å². The molecular weight excluding hydrogens is 442 g/mol. The molecule has 2 aliphatic rings. The van der Waals surface area contributed by atoms with Gasteiger partial charge in [-0.25, -0.2) is 13.2 Å². The van der Waals surface area contributed by atoms with Crippen LogP contribution in [0.3, 0.4) is 0 Å². The number of carboxylic acid groups (broad SMARTS) is 1. The number of amidine groups is 1. The van der Waals surface area contributed by atoms with Crippen molar-refractivity contribution in [2.24, 2.45) is 4.99 Å². The number of aryl methyl sites for hydroxylation is 1. The van der Waals surface area contributed by atoms with E-state index < -0.39 is 34.9 Å². The third-order valence-electron chi connectivity index (χ3n) is 5.31.